The summed E-state index contributed by atoms with van der Waals surface area (Å²) in [5.74, 6) is 1.07. The molecule has 27 heavy (non-hydrogen) atoms. The van der Waals surface area contributed by atoms with E-state index in [1.165, 1.54) is 0 Å². The fraction of sp³-hybridized carbons (Fsp3) is 0.333. The van der Waals surface area contributed by atoms with Gasteiger partial charge in [0.25, 0.3) is 0 Å². The Bertz CT molecular complexity index is 916. The van der Waals surface area contributed by atoms with Gasteiger partial charge in [-0.25, -0.2) is 4.98 Å². The summed E-state index contributed by atoms with van der Waals surface area (Å²) in [5.41, 5.74) is 2.89. The fourth-order valence-electron chi connectivity index (χ4n) is 3.12. The van der Waals surface area contributed by atoms with Crippen LogP contribution in [0.15, 0.2) is 42.5 Å². The van der Waals surface area contributed by atoms with Gasteiger partial charge in [-0.1, -0.05) is 48.3 Å². The van der Waals surface area contributed by atoms with Crippen LogP contribution in [0.25, 0.3) is 11.0 Å². The summed E-state index contributed by atoms with van der Waals surface area (Å²) in [6, 6.07) is 13.6. The highest BCUT2D eigenvalue weighted by molar-refractivity contribution is 6.36. The molecular formula is C21H23Cl2N3O. The van der Waals surface area contributed by atoms with Crippen molar-refractivity contribution in [3.63, 3.8) is 0 Å². The van der Waals surface area contributed by atoms with Crippen molar-refractivity contribution in [2.24, 2.45) is 0 Å². The van der Waals surface area contributed by atoms with Gasteiger partial charge in [0.05, 0.1) is 17.6 Å². The number of nitrogens with zero attached hydrogens (tertiary/aromatic N) is 2. The topological polar surface area (TPSA) is 46.9 Å². The molecule has 0 radical (unpaired) electrons. The predicted molar refractivity (Wildman–Crippen MR) is 112 cm³/mol. The number of carbonyl (C=O) groups excluding carboxylic acids is 1. The molecule has 2 aromatic carbocycles. The number of carbonyl (C=O) groups is 1. The molecule has 0 atom stereocenters. The molecule has 0 aliphatic rings. The van der Waals surface area contributed by atoms with Crippen LogP contribution in [0, 0.1) is 0 Å². The highest BCUT2D eigenvalue weighted by Crippen LogP contribution is 2.27. The number of benzene rings is 2. The van der Waals surface area contributed by atoms with E-state index in [0.717, 1.165) is 41.7 Å². The quantitative estimate of drug-likeness (QED) is 0.522. The summed E-state index contributed by atoms with van der Waals surface area (Å²) in [6.07, 6.45) is 3.03. The van der Waals surface area contributed by atoms with Gasteiger partial charge in [0.1, 0.15) is 5.82 Å². The van der Waals surface area contributed by atoms with Crippen LogP contribution < -0.4 is 5.32 Å². The number of imidazole rings is 1. The number of halogens is 2. The van der Waals surface area contributed by atoms with Gasteiger partial charge < -0.3 is 9.88 Å². The standard InChI is InChI=1S/C21H23Cl2N3O/c1-2-7-21(27)24-13-6-12-20-25-18-10-3-4-11-19(18)26(20)14-15-16(22)8-5-9-17(15)23/h3-5,8-11H,2,6-7,12-14H2,1H3,(H,24,27). The Morgan fingerprint density at radius 1 is 1.11 bits per heavy atom. The van der Waals surface area contributed by atoms with Crippen molar-refractivity contribution in [1.82, 2.24) is 14.9 Å². The lowest BCUT2D eigenvalue weighted by atomic mass is 10.2. The zero-order valence-corrected chi connectivity index (χ0v) is 16.9. The Balaban J connectivity index is 1.81. The van der Waals surface area contributed by atoms with E-state index >= 15 is 0 Å². The van der Waals surface area contributed by atoms with Gasteiger partial charge in [-0.3, -0.25) is 4.79 Å². The Hall–Kier alpha value is -2.04. The molecule has 1 aromatic heterocycles. The highest BCUT2D eigenvalue weighted by atomic mass is 35.5. The minimum Gasteiger partial charge on any atom is -0.356 e. The summed E-state index contributed by atoms with van der Waals surface area (Å²) >= 11 is 12.8. The maximum absolute atomic E-state index is 11.6. The molecule has 142 valence electrons. The first-order valence-electron chi connectivity index (χ1n) is 9.24. The van der Waals surface area contributed by atoms with Crippen LogP contribution in [-0.2, 0) is 17.8 Å². The zero-order chi connectivity index (χ0) is 19.2. The number of aryl methyl sites for hydroxylation is 1. The molecule has 0 aliphatic heterocycles. The lowest BCUT2D eigenvalue weighted by Gasteiger charge is -2.12. The monoisotopic (exact) mass is 403 g/mol. The van der Waals surface area contributed by atoms with E-state index in [0.29, 0.717) is 29.6 Å². The third-order valence-electron chi connectivity index (χ3n) is 4.49. The summed E-state index contributed by atoms with van der Waals surface area (Å²) in [7, 11) is 0. The van der Waals surface area contributed by atoms with E-state index in [2.05, 4.69) is 16.0 Å². The average Bonchev–Trinajstić information content (AvgIpc) is 3.00. The highest BCUT2D eigenvalue weighted by Gasteiger charge is 2.14. The van der Waals surface area contributed by atoms with E-state index in [4.69, 9.17) is 28.2 Å². The molecule has 0 bridgehead atoms. The first-order chi connectivity index (χ1) is 13.1. The van der Waals surface area contributed by atoms with Gasteiger partial charge >= 0.3 is 0 Å². The molecule has 4 nitrogen and oxygen atoms in total. The molecule has 0 fully saturated rings. The lowest BCUT2D eigenvalue weighted by molar-refractivity contribution is -0.121. The van der Waals surface area contributed by atoms with E-state index in [9.17, 15) is 4.79 Å². The van der Waals surface area contributed by atoms with Crippen LogP contribution in [-0.4, -0.2) is 22.0 Å². The van der Waals surface area contributed by atoms with Crippen LogP contribution in [0.3, 0.4) is 0 Å². The molecule has 3 aromatic rings. The molecule has 1 amide bonds. The first-order valence-corrected chi connectivity index (χ1v) is 9.99. The fourth-order valence-corrected chi connectivity index (χ4v) is 3.64. The average molecular weight is 404 g/mol. The second-order valence-corrected chi connectivity index (χ2v) is 7.32. The van der Waals surface area contributed by atoms with Gasteiger partial charge in [0, 0.05) is 35.0 Å². The van der Waals surface area contributed by atoms with Crippen molar-refractivity contribution in [2.45, 2.75) is 39.2 Å². The van der Waals surface area contributed by atoms with Crippen molar-refractivity contribution < 1.29 is 4.79 Å². The van der Waals surface area contributed by atoms with Gasteiger partial charge in [-0.15, -0.1) is 0 Å². The molecule has 0 spiro atoms. The third kappa shape index (κ3) is 4.82. The van der Waals surface area contributed by atoms with E-state index in [1.807, 2.05) is 43.3 Å². The smallest absolute Gasteiger partial charge is 0.219 e. The SMILES string of the molecule is CCCC(=O)NCCCc1nc2ccccc2n1Cc1c(Cl)cccc1Cl. The second-order valence-electron chi connectivity index (χ2n) is 6.51. The van der Waals surface area contributed by atoms with E-state index in [1.54, 1.807) is 0 Å². The van der Waals surface area contributed by atoms with Crippen molar-refractivity contribution in [3.05, 3.63) is 63.9 Å². The number of aromatic nitrogens is 2. The molecule has 0 aliphatic carbocycles. The van der Waals surface area contributed by atoms with Crippen LogP contribution in [0.5, 0.6) is 0 Å². The van der Waals surface area contributed by atoms with Crippen molar-refractivity contribution in [2.75, 3.05) is 6.54 Å². The predicted octanol–water partition coefficient (Wildman–Crippen LogP) is 5.24. The Morgan fingerprint density at radius 3 is 2.59 bits per heavy atom. The van der Waals surface area contributed by atoms with Crippen LogP contribution in [0.1, 0.15) is 37.6 Å². The summed E-state index contributed by atoms with van der Waals surface area (Å²) in [5, 5.41) is 4.26. The maximum Gasteiger partial charge on any atom is 0.219 e. The molecular weight excluding hydrogens is 381 g/mol. The second kappa shape index (κ2) is 9.25. The minimum absolute atomic E-state index is 0.105. The molecule has 0 saturated heterocycles. The molecule has 0 unspecified atom stereocenters. The summed E-state index contributed by atoms with van der Waals surface area (Å²) in [4.78, 5) is 16.4. The Labute approximate surface area is 169 Å². The number of rotatable bonds is 8. The number of para-hydroxylation sites is 2. The Kier molecular flexibility index (Phi) is 6.75. The summed E-state index contributed by atoms with van der Waals surface area (Å²) in [6.45, 7) is 3.22. The third-order valence-corrected chi connectivity index (χ3v) is 5.20. The molecule has 1 N–H and O–H groups in total. The molecule has 0 saturated carbocycles. The number of hydrogen-bond acceptors (Lipinski definition) is 2. The van der Waals surface area contributed by atoms with Crippen LogP contribution >= 0.6 is 23.2 Å². The van der Waals surface area contributed by atoms with Gasteiger partial charge in [0.2, 0.25) is 5.91 Å². The summed E-state index contributed by atoms with van der Waals surface area (Å²) < 4.78 is 2.16. The number of fused-ring (bicyclic) bond motifs is 1. The van der Waals surface area contributed by atoms with Crippen molar-refractivity contribution in [3.8, 4) is 0 Å². The van der Waals surface area contributed by atoms with Crippen molar-refractivity contribution in [1.29, 1.82) is 0 Å². The number of nitrogens with one attached hydrogen (secondary N) is 1. The van der Waals surface area contributed by atoms with E-state index in [-0.39, 0.29) is 5.91 Å². The van der Waals surface area contributed by atoms with Crippen LogP contribution in [0.4, 0.5) is 0 Å². The van der Waals surface area contributed by atoms with Crippen molar-refractivity contribution >= 4 is 40.1 Å². The number of amides is 1. The van der Waals surface area contributed by atoms with E-state index < -0.39 is 0 Å². The zero-order valence-electron chi connectivity index (χ0n) is 15.3. The Morgan fingerprint density at radius 2 is 1.85 bits per heavy atom. The van der Waals surface area contributed by atoms with Gasteiger partial charge in [-0.2, -0.15) is 0 Å². The van der Waals surface area contributed by atoms with Gasteiger partial charge in [0.15, 0.2) is 0 Å². The first kappa shape index (κ1) is 19.7. The molecule has 3 rings (SSSR count). The number of hydrogen-bond donors (Lipinski definition) is 1. The lowest BCUT2D eigenvalue weighted by Crippen LogP contribution is -2.24. The largest absolute Gasteiger partial charge is 0.356 e. The van der Waals surface area contributed by atoms with Gasteiger partial charge in [-0.05, 0) is 37.1 Å². The maximum atomic E-state index is 11.6. The van der Waals surface area contributed by atoms with Crippen LogP contribution in [0.2, 0.25) is 10.0 Å². The molecule has 1 heterocycles. The normalized spacial score (nSPS) is 11.1. The minimum atomic E-state index is 0.105. The molecule has 6 heteroatoms.